The van der Waals surface area contributed by atoms with Gasteiger partial charge in [0.25, 0.3) is 21.2 Å². The highest BCUT2D eigenvalue weighted by Gasteiger charge is 2.30. The van der Waals surface area contributed by atoms with E-state index in [2.05, 4.69) is 4.98 Å². The van der Waals surface area contributed by atoms with Crippen molar-refractivity contribution in [3.63, 3.8) is 0 Å². The average molecular weight is 289 g/mol. The van der Waals surface area contributed by atoms with Crippen molar-refractivity contribution in [2.45, 2.75) is 11.5 Å². The largest absolute Gasteiger partial charge is 0.505 e. The van der Waals surface area contributed by atoms with Crippen molar-refractivity contribution in [3.8, 4) is 5.75 Å². The lowest BCUT2D eigenvalue weighted by molar-refractivity contribution is -0.386. The van der Waals surface area contributed by atoms with Gasteiger partial charge in [-0.3, -0.25) is 10.1 Å². The lowest BCUT2D eigenvalue weighted by Gasteiger charge is -2.04. The van der Waals surface area contributed by atoms with Crippen LogP contribution in [0, 0.1) is 10.1 Å². The van der Waals surface area contributed by atoms with Crippen LogP contribution in [-0.2, 0) is 9.05 Å². The van der Waals surface area contributed by atoms with Gasteiger partial charge in [0.05, 0.1) is 11.0 Å². The van der Waals surface area contributed by atoms with Gasteiger partial charge in [0.2, 0.25) is 5.03 Å². The molecule has 7 nitrogen and oxygen atoms in total. The van der Waals surface area contributed by atoms with Gasteiger partial charge < -0.3 is 5.11 Å². The quantitative estimate of drug-likeness (QED) is 0.513. The Morgan fingerprint density at radius 2 is 2.06 bits per heavy atom. The molecule has 0 fully saturated rings. The van der Waals surface area contributed by atoms with Crippen LogP contribution in [0.2, 0.25) is 0 Å². The number of aromatic nitrogens is 1. The second-order valence-electron chi connectivity index (χ2n) is 2.71. The monoisotopic (exact) mass is 288 g/mol. The fourth-order valence-corrected chi connectivity index (χ4v) is 1.83. The van der Waals surface area contributed by atoms with E-state index in [0.29, 0.717) is 0 Å². The first kappa shape index (κ1) is 13.5. The van der Waals surface area contributed by atoms with Crippen LogP contribution in [0.5, 0.6) is 5.75 Å². The number of aromatic hydroxyl groups is 1. The molecule has 0 saturated heterocycles. The van der Waals surface area contributed by atoms with E-state index in [1.807, 2.05) is 0 Å². The first-order chi connectivity index (χ1) is 7.64. The molecule has 0 aromatic carbocycles. The SMILES string of the molecule is O=[N+]([O-])c1cc(O)c(S(=O)(=O)Cl)nc1C(F)F. The highest BCUT2D eigenvalue weighted by Crippen LogP contribution is 2.34. The van der Waals surface area contributed by atoms with Crippen molar-refractivity contribution in [3.05, 3.63) is 21.9 Å². The molecule has 94 valence electrons. The summed E-state index contributed by atoms with van der Waals surface area (Å²) in [7, 11) is 0.231. The Morgan fingerprint density at radius 3 is 2.41 bits per heavy atom. The van der Waals surface area contributed by atoms with Crippen molar-refractivity contribution in [2.24, 2.45) is 0 Å². The van der Waals surface area contributed by atoms with Crippen molar-refractivity contribution in [1.82, 2.24) is 4.98 Å². The van der Waals surface area contributed by atoms with E-state index in [1.165, 1.54) is 0 Å². The third-order valence-corrected chi connectivity index (χ3v) is 2.81. The third kappa shape index (κ3) is 2.77. The number of nitrogens with zero attached hydrogens (tertiary/aromatic N) is 2. The smallest absolute Gasteiger partial charge is 0.300 e. The number of hydrogen-bond acceptors (Lipinski definition) is 6. The molecule has 0 radical (unpaired) electrons. The van der Waals surface area contributed by atoms with Gasteiger partial charge in [-0.2, -0.15) is 0 Å². The lowest BCUT2D eigenvalue weighted by Crippen LogP contribution is -2.04. The van der Waals surface area contributed by atoms with Gasteiger partial charge in [-0.25, -0.2) is 22.2 Å². The molecular formula is C6H3ClF2N2O5S. The number of halogens is 3. The van der Waals surface area contributed by atoms with Crippen molar-refractivity contribution in [1.29, 1.82) is 0 Å². The van der Waals surface area contributed by atoms with Gasteiger partial charge in [0.1, 0.15) is 0 Å². The first-order valence-corrected chi connectivity index (χ1v) is 6.06. The molecule has 0 bridgehead atoms. The summed E-state index contributed by atoms with van der Waals surface area (Å²) < 4.78 is 46.5. The number of alkyl halides is 2. The summed E-state index contributed by atoms with van der Waals surface area (Å²) in [5.41, 5.74) is -2.58. The molecule has 0 unspecified atom stereocenters. The van der Waals surface area contributed by atoms with Crippen LogP contribution in [0.3, 0.4) is 0 Å². The molecule has 0 atom stereocenters. The Labute approximate surface area is 97.2 Å². The lowest BCUT2D eigenvalue weighted by atomic mass is 10.3. The number of pyridine rings is 1. The zero-order valence-electron chi connectivity index (χ0n) is 7.67. The van der Waals surface area contributed by atoms with Crippen LogP contribution >= 0.6 is 10.7 Å². The van der Waals surface area contributed by atoms with Crippen LogP contribution < -0.4 is 0 Å². The summed E-state index contributed by atoms with van der Waals surface area (Å²) >= 11 is 0. The van der Waals surface area contributed by atoms with Gasteiger partial charge in [-0.1, -0.05) is 0 Å². The second-order valence-corrected chi connectivity index (χ2v) is 5.19. The molecule has 11 heteroatoms. The van der Waals surface area contributed by atoms with Gasteiger partial charge >= 0.3 is 0 Å². The van der Waals surface area contributed by atoms with Crippen LogP contribution in [0.25, 0.3) is 0 Å². The Kier molecular flexibility index (Phi) is 3.48. The maximum atomic E-state index is 12.4. The van der Waals surface area contributed by atoms with E-state index in [1.54, 1.807) is 0 Å². The van der Waals surface area contributed by atoms with Gasteiger partial charge in [-0.15, -0.1) is 0 Å². The molecule has 0 saturated carbocycles. The van der Waals surface area contributed by atoms with Gasteiger partial charge in [0, 0.05) is 10.7 Å². The molecule has 0 spiro atoms. The van der Waals surface area contributed by atoms with Gasteiger partial charge in [0.15, 0.2) is 11.4 Å². The molecule has 0 amide bonds. The molecule has 1 aromatic rings. The van der Waals surface area contributed by atoms with Crippen LogP contribution in [0.4, 0.5) is 14.5 Å². The summed E-state index contributed by atoms with van der Waals surface area (Å²) in [4.78, 5) is 12.0. The predicted molar refractivity (Wildman–Crippen MR) is 50.6 cm³/mol. The summed E-state index contributed by atoms with van der Waals surface area (Å²) in [6.45, 7) is 0. The summed E-state index contributed by atoms with van der Waals surface area (Å²) in [5.74, 6) is -1.17. The van der Waals surface area contributed by atoms with E-state index in [0.717, 1.165) is 0 Å². The molecule has 0 aliphatic rings. The molecule has 1 aromatic heterocycles. The summed E-state index contributed by atoms with van der Waals surface area (Å²) in [5, 5.41) is 18.2. The Bertz CT molecular complexity index is 576. The number of hydrogen-bond donors (Lipinski definition) is 1. The van der Waals surface area contributed by atoms with Crippen LogP contribution in [-0.4, -0.2) is 23.4 Å². The zero-order valence-corrected chi connectivity index (χ0v) is 9.24. The fourth-order valence-electron chi connectivity index (χ4n) is 0.975. The van der Waals surface area contributed by atoms with E-state index in [9.17, 15) is 27.3 Å². The number of nitro groups is 1. The van der Waals surface area contributed by atoms with Crippen molar-refractivity contribution >= 4 is 25.4 Å². The third-order valence-electron chi connectivity index (χ3n) is 1.61. The standard InChI is InChI=1S/C6H3ClF2N2O5S/c7-17(15,16)6-3(12)1-2(11(13)14)4(10-6)5(8)9/h1,5,12H. The first-order valence-electron chi connectivity index (χ1n) is 3.75. The maximum absolute atomic E-state index is 12.4. The van der Waals surface area contributed by atoms with Crippen molar-refractivity contribution in [2.75, 3.05) is 0 Å². The summed E-state index contributed by atoms with van der Waals surface area (Å²) in [6, 6.07) is 0.254. The highest BCUT2D eigenvalue weighted by molar-refractivity contribution is 8.13. The normalized spacial score (nSPS) is 11.8. The van der Waals surface area contributed by atoms with E-state index >= 15 is 0 Å². The Morgan fingerprint density at radius 1 is 1.53 bits per heavy atom. The maximum Gasteiger partial charge on any atom is 0.300 e. The highest BCUT2D eigenvalue weighted by atomic mass is 35.7. The minimum Gasteiger partial charge on any atom is -0.505 e. The minimum atomic E-state index is -4.58. The second kappa shape index (κ2) is 4.37. The van der Waals surface area contributed by atoms with E-state index in [4.69, 9.17) is 15.8 Å². The molecule has 0 aliphatic heterocycles. The average Bonchev–Trinajstić information content (AvgIpc) is 2.14. The van der Waals surface area contributed by atoms with E-state index in [-0.39, 0.29) is 6.07 Å². The molecule has 0 aliphatic carbocycles. The van der Waals surface area contributed by atoms with Crippen LogP contribution in [0.15, 0.2) is 11.1 Å². The molecule has 1 rings (SSSR count). The Balaban J connectivity index is 3.63. The predicted octanol–water partition coefficient (Wildman–Crippen LogP) is 1.56. The topological polar surface area (TPSA) is 110 Å². The molecule has 1 N–H and O–H groups in total. The zero-order chi connectivity index (χ0) is 13.4. The Hall–Kier alpha value is -1.55. The minimum absolute atomic E-state index is 0.254. The number of rotatable bonds is 3. The summed E-state index contributed by atoms with van der Waals surface area (Å²) in [6.07, 6.45) is -3.38. The van der Waals surface area contributed by atoms with Crippen LogP contribution in [0.1, 0.15) is 12.1 Å². The van der Waals surface area contributed by atoms with Crippen molar-refractivity contribution < 1.29 is 27.2 Å². The van der Waals surface area contributed by atoms with Gasteiger partial charge in [-0.05, 0) is 0 Å². The fraction of sp³-hybridized carbons (Fsp3) is 0.167. The van der Waals surface area contributed by atoms with E-state index < -0.39 is 42.6 Å². The molecule has 17 heavy (non-hydrogen) atoms. The molecular weight excluding hydrogens is 286 g/mol. The molecule has 1 heterocycles.